The van der Waals surface area contributed by atoms with Crippen LogP contribution in [0.15, 0.2) is 24.3 Å². The summed E-state index contributed by atoms with van der Waals surface area (Å²) in [6.45, 7) is 0. The Hall–Kier alpha value is -1.06. The molecule has 1 saturated carbocycles. The van der Waals surface area contributed by atoms with Crippen LogP contribution >= 0.6 is 11.6 Å². The molecule has 0 aliphatic heterocycles. The Morgan fingerprint density at radius 2 is 2.16 bits per heavy atom. The summed E-state index contributed by atoms with van der Waals surface area (Å²) in [7, 11) is 1.78. The second-order valence-corrected chi connectivity index (χ2v) is 5.67. The Balaban J connectivity index is 1.99. The Morgan fingerprint density at radius 1 is 1.42 bits per heavy atom. The number of aliphatic hydroxyl groups excluding tert-OH is 1. The molecule has 1 amide bonds. The lowest BCUT2D eigenvalue weighted by molar-refractivity contribution is -0.134. The van der Waals surface area contributed by atoms with Gasteiger partial charge in [-0.15, -0.1) is 0 Å². The van der Waals surface area contributed by atoms with E-state index in [-0.39, 0.29) is 18.1 Å². The van der Waals surface area contributed by atoms with E-state index in [2.05, 4.69) is 0 Å². The molecule has 0 unspecified atom stereocenters. The number of halogens is 1. The molecule has 1 fully saturated rings. The molecular weight excluding hydrogens is 262 g/mol. The number of nitrogens with zero attached hydrogens (tertiary/aromatic N) is 1. The largest absolute Gasteiger partial charge is 0.391 e. The highest BCUT2D eigenvalue weighted by atomic mass is 35.5. The van der Waals surface area contributed by atoms with Gasteiger partial charge in [-0.2, -0.15) is 0 Å². The van der Waals surface area contributed by atoms with Crippen molar-refractivity contribution in [2.24, 2.45) is 0 Å². The molecule has 1 aliphatic carbocycles. The maximum absolute atomic E-state index is 12.2. The molecule has 0 aromatic heterocycles. The van der Waals surface area contributed by atoms with Crippen LogP contribution in [-0.4, -0.2) is 35.1 Å². The molecule has 0 spiro atoms. The first-order chi connectivity index (χ1) is 9.08. The van der Waals surface area contributed by atoms with Crippen molar-refractivity contribution < 1.29 is 9.90 Å². The number of likely N-dealkylation sites (N-methyl/N-ethyl adjacent to an activating group) is 1. The average molecular weight is 282 g/mol. The second kappa shape index (κ2) is 6.40. The van der Waals surface area contributed by atoms with Gasteiger partial charge in [0.1, 0.15) is 0 Å². The van der Waals surface area contributed by atoms with Gasteiger partial charge in [0.15, 0.2) is 0 Å². The van der Waals surface area contributed by atoms with E-state index in [0.29, 0.717) is 11.4 Å². The van der Waals surface area contributed by atoms with Gasteiger partial charge in [-0.3, -0.25) is 4.79 Å². The van der Waals surface area contributed by atoms with Crippen molar-refractivity contribution >= 4 is 17.5 Å². The van der Waals surface area contributed by atoms with Crippen molar-refractivity contribution in [3.05, 3.63) is 34.9 Å². The lowest BCUT2D eigenvalue weighted by Crippen LogP contribution is -2.46. The summed E-state index contributed by atoms with van der Waals surface area (Å²) in [4.78, 5) is 13.9. The van der Waals surface area contributed by atoms with Crippen molar-refractivity contribution in [1.82, 2.24) is 4.90 Å². The van der Waals surface area contributed by atoms with Crippen LogP contribution in [0.5, 0.6) is 0 Å². The molecule has 0 heterocycles. The molecule has 2 atom stereocenters. The van der Waals surface area contributed by atoms with E-state index in [1.165, 1.54) is 0 Å². The van der Waals surface area contributed by atoms with Gasteiger partial charge in [-0.1, -0.05) is 36.6 Å². The van der Waals surface area contributed by atoms with Crippen molar-refractivity contribution in [2.75, 3.05) is 7.05 Å². The molecule has 1 aromatic rings. The molecule has 0 saturated heterocycles. The fourth-order valence-electron chi connectivity index (χ4n) is 2.67. The van der Waals surface area contributed by atoms with E-state index in [4.69, 9.17) is 11.6 Å². The smallest absolute Gasteiger partial charge is 0.227 e. The van der Waals surface area contributed by atoms with Crippen LogP contribution in [0.2, 0.25) is 5.02 Å². The van der Waals surface area contributed by atoms with Crippen LogP contribution in [0.25, 0.3) is 0 Å². The van der Waals surface area contributed by atoms with Crippen LogP contribution in [0.1, 0.15) is 31.2 Å². The predicted molar refractivity (Wildman–Crippen MR) is 76.2 cm³/mol. The van der Waals surface area contributed by atoms with Crippen molar-refractivity contribution in [1.29, 1.82) is 0 Å². The van der Waals surface area contributed by atoms with Gasteiger partial charge in [-0.25, -0.2) is 0 Å². The Labute approximate surface area is 119 Å². The number of aliphatic hydroxyl groups is 1. The van der Waals surface area contributed by atoms with Gasteiger partial charge >= 0.3 is 0 Å². The topological polar surface area (TPSA) is 40.5 Å². The third-order valence-electron chi connectivity index (χ3n) is 3.83. The number of hydrogen-bond acceptors (Lipinski definition) is 2. The van der Waals surface area contributed by atoms with Crippen LogP contribution in [-0.2, 0) is 11.2 Å². The van der Waals surface area contributed by atoms with Gasteiger partial charge < -0.3 is 10.0 Å². The van der Waals surface area contributed by atoms with Crippen molar-refractivity contribution in [2.45, 2.75) is 44.2 Å². The van der Waals surface area contributed by atoms with Crippen molar-refractivity contribution in [3.63, 3.8) is 0 Å². The zero-order valence-corrected chi connectivity index (χ0v) is 11.9. The number of carbonyl (C=O) groups is 1. The molecule has 0 bridgehead atoms. The van der Waals surface area contributed by atoms with E-state index >= 15 is 0 Å². The maximum atomic E-state index is 12.2. The normalized spacial score (nSPS) is 23.1. The maximum Gasteiger partial charge on any atom is 0.227 e. The highest BCUT2D eigenvalue weighted by molar-refractivity contribution is 6.30. The molecule has 3 nitrogen and oxygen atoms in total. The molecule has 19 heavy (non-hydrogen) atoms. The molecule has 1 N–H and O–H groups in total. The summed E-state index contributed by atoms with van der Waals surface area (Å²) < 4.78 is 0. The zero-order valence-electron chi connectivity index (χ0n) is 11.2. The second-order valence-electron chi connectivity index (χ2n) is 5.23. The summed E-state index contributed by atoms with van der Waals surface area (Å²) in [5.74, 6) is 0.0354. The minimum atomic E-state index is -0.387. The van der Waals surface area contributed by atoms with Gasteiger partial charge in [0.05, 0.1) is 18.6 Å². The van der Waals surface area contributed by atoms with E-state index in [1.54, 1.807) is 18.0 Å². The monoisotopic (exact) mass is 281 g/mol. The Kier molecular flexibility index (Phi) is 4.83. The minimum Gasteiger partial charge on any atom is -0.391 e. The van der Waals surface area contributed by atoms with Gasteiger partial charge in [0.25, 0.3) is 0 Å². The summed E-state index contributed by atoms with van der Waals surface area (Å²) in [5, 5.41) is 10.6. The molecule has 1 aliphatic rings. The lowest BCUT2D eigenvalue weighted by Gasteiger charge is -2.35. The molecule has 0 radical (unpaired) electrons. The van der Waals surface area contributed by atoms with E-state index in [0.717, 1.165) is 31.2 Å². The first-order valence-corrected chi connectivity index (χ1v) is 7.14. The van der Waals surface area contributed by atoms with Crippen LogP contribution in [0.4, 0.5) is 0 Å². The van der Waals surface area contributed by atoms with Crippen LogP contribution < -0.4 is 0 Å². The molecule has 2 rings (SSSR count). The highest BCUT2D eigenvalue weighted by Gasteiger charge is 2.29. The van der Waals surface area contributed by atoms with Gasteiger partial charge in [0.2, 0.25) is 5.91 Å². The first kappa shape index (κ1) is 14.4. The fourth-order valence-corrected chi connectivity index (χ4v) is 2.89. The zero-order chi connectivity index (χ0) is 13.8. The van der Waals surface area contributed by atoms with E-state index in [1.807, 2.05) is 18.2 Å². The number of rotatable bonds is 3. The number of benzene rings is 1. The number of hydrogen-bond donors (Lipinski definition) is 1. The third-order valence-corrected chi connectivity index (χ3v) is 4.06. The minimum absolute atomic E-state index is 0.0354. The molecular formula is C15H20ClNO2. The SMILES string of the molecule is CN(C(=O)Cc1cccc(Cl)c1)[C@H]1CCCC[C@@H]1O. The van der Waals surface area contributed by atoms with Gasteiger partial charge in [-0.05, 0) is 30.5 Å². The quantitative estimate of drug-likeness (QED) is 0.925. The summed E-state index contributed by atoms with van der Waals surface area (Å²) in [6.07, 6.45) is 3.76. The summed E-state index contributed by atoms with van der Waals surface area (Å²) in [6, 6.07) is 7.31. The van der Waals surface area contributed by atoms with Crippen LogP contribution in [0, 0.1) is 0 Å². The first-order valence-electron chi connectivity index (χ1n) is 6.76. The standard InChI is InChI=1S/C15H20ClNO2/c1-17(13-7-2-3-8-14(13)18)15(19)10-11-5-4-6-12(16)9-11/h4-6,9,13-14,18H,2-3,7-8,10H2,1H3/t13-,14-/m0/s1. The van der Waals surface area contributed by atoms with E-state index in [9.17, 15) is 9.90 Å². The van der Waals surface area contributed by atoms with Crippen LogP contribution in [0.3, 0.4) is 0 Å². The highest BCUT2D eigenvalue weighted by Crippen LogP contribution is 2.23. The summed E-state index contributed by atoms with van der Waals surface area (Å²) in [5.41, 5.74) is 0.912. The Morgan fingerprint density at radius 3 is 2.84 bits per heavy atom. The number of carbonyl (C=O) groups excluding carboxylic acids is 1. The predicted octanol–water partition coefficient (Wildman–Crippen LogP) is 2.64. The van der Waals surface area contributed by atoms with Gasteiger partial charge in [0, 0.05) is 12.1 Å². The average Bonchev–Trinajstić information content (AvgIpc) is 2.38. The lowest BCUT2D eigenvalue weighted by atomic mass is 9.91. The van der Waals surface area contributed by atoms with E-state index < -0.39 is 0 Å². The third kappa shape index (κ3) is 3.71. The fraction of sp³-hybridized carbons (Fsp3) is 0.533. The van der Waals surface area contributed by atoms with Crippen molar-refractivity contribution in [3.8, 4) is 0 Å². The molecule has 4 heteroatoms. The summed E-state index contributed by atoms with van der Waals surface area (Å²) >= 11 is 5.91. The number of amides is 1. The molecule has 104 valence electrons. The molecule has 1 aromatic carbocycles. The Bertz CT molecular complexity index is 450.